The minimum atomic E-state index is -0.576. The minimum Gasteiger partial charge on any atom is -0.441 e. The number of nitrogens with zero attached hydrogens (tertiary/aromatic N) is 8. The van der Waals surface area contributed by atoms with Gasteiger partial charge in [-0.15, -0.1) is 0 Å². The van der Waals surface area contributed by atoms with Crippen LogP contribution in [0, 0.1) is 17.2 Å². The number of carbonyl (C=O) groups excluding carboxylic acids is 1. The van der Waals surface area contributed by atoms with Gasteiger partial charge in [-0.1, -0.05) is 5.16 Å². The predicted molar refractivity (Wildman–Crippen MR) is 136 cm³/mol. The van der Waals surface area contributed by atoms with Crippen LogP contribution in [0.15, 0.2) is 47.8 Å². The number of hydrogen-bond acceptors (Lipinski definition) is 9. The molecule has 0 N–H and O–H groups in total. The number of nitriles is 1. The highest BCUT2D eigenvalue weighted by Crippen LogP contribution is 2.41. The molecule has 1 unspecified atom stereocenters. The number of rotatable bonds is 6. The molecule has 11 heteroatoms. The third-order valence-corrected chi connectivity index (χ3v) is 7.56. The van der Waals surface area contributed by atoms with E-state index in [1.165, 1.54) is 6.33 Å². The third-order valence-electron chi connectivity index (χ3n) is 7.56. The Morgan fingerprint density at radius 2 is 2.11 bits per heavy atom. The monoisotopic (exact) mass is 512 g/mol. The van der Waals surface area contributed by atoms with Gasteiger partial charge in [0.15, 0.2) is 0 Å². The first-order valence-electron chi connectivity index (χ1n) is 12.8. The summed E-state index contributed by atoms with van der Waals surface area (Å²) in [7, 11) is 0. The highest BCUT2D eigenvalue weighted by molar-refractivity contribution is 5.77. The van der Waals surface area contributed by atoms with Crippen LogP contribution in [0.4, 0.5) is 4.79 Å². The van der Waals surface area contributed by atoms with Crippen molar-refractivity contribution in [1.82, 2.24) is 34.6 Å². The number of benzene rings is 1. The summed E-state index contributed by atoms with van der Waals surface area (Å²) in [5, 5.41) is 13.4. The van der Waals surface area contributed by atoms with Gasteiger partial charge in [-0.25, -0.2) is 19.7 Å². The molecule has 38 heavy (non-hydrogen) atoms. The number of imidazole rings is 1. The Bertz CT molecular complexity index is 1520. The Morgan fingerprint density at radius 3 is 2.92 bits per heavy atom. The summed E-state index contributed by atoms with van der Waals surface area (Å²) in [6.07, 6.45) is 9.90. The first-order chi connectivity index (χ1) is 18.3. The lowest BCUT2D eigenvalue weighted by Gasteiger charge is -2.36. The van der Waals surface area contributed by atoms with Crippen molar-refractivity contribution < 1.29 is 14.1 Å². The number of carbonyl (C=O) groups is 1. The van der Waals surface area contributed by atoms with Crippen molar-refractivity contribution in [3.8, 4) is 17.5 Å². The standard InChI is InChI=1S/C27H28N8O3/c1-26(2,24-32-23(33-38-24)20-11-29-16-30-12-20)14-35-15-27(37-25(35)36)7-3-4-19(9-27)13-34-17-31-21-6-5-18(10-28)8-22(21)34/h5-6,8,11-12,16-17,19H,3-4,7,9,13-15H2,1-2H3/t19-,27?/m0/s1. The summed E-state index contributed by atoms with van der Waals surface area (Å²) in [5.74, 6) is 1.19. The molecule has 1 saturated heterocycles. The molecule has 194 valence electrons. The van der Waals surface area contributed by atoms with Gasteiger partial charge in [0.1, 0.15) is 11.9 Å². The van der Waals surface area contributed by atoms with Gasteiger partial charge in [0.05, 0.1) is 46.5 Å². The van der Waals surface area contributed by atoms with Gasteiger partial charge in [-0.3, -0.25) is 0 Å². The van der Waals surface area contributed by atoms with Gasteiger partial charge in [0.2, 0.25) is 11.7 Å². The second-order valence-corrected chi connectivity index (χ2v) is 11.0. The summed E-state index contributed by atoms with van der Waals surface area (Å²) in [4.78, 5) is 31.9. The molecule has 2 fully saturated rings. The highest BCUT2D eigenvalue weighted by Gasteiger charge is 2.49. The zero-order chi connectivity index (χ0) is 26.3. The van der Waals surface area contributed by atoms with E-state index in [4.69, 9.17) is 9.26 Å². The van der Waals surface area contributed by atoms with Gasteiger partial charge in [0.25, 0.3) is 0 Å². The topological polar surface area (TPSA) is 136 Å². The molecule has 1 amide bonds. The molecule has 0 bridgehead atoms. The highest BCUT2D eigenvalue weighted by atomic mass is 16.6. The molecule has 0 radical (unpaired) electrons. The van der Waals surface area contributed by atoms with Gasteiger partial charge in [0, 0.05) is 25.5 Å². The summed E-state index contributed by atoms with van der Waals surface area (Å²) in [6, 6.07) is 7.75. The lowest BCUT2D eigenvalue weighted by atomic mass is 9.77. The molecular weight excluding hydrogens is 484 g/mol. The molecule has 4 heterocycles. The van der Waals surface area contributed by atoms with Crippen LogP contribution in [0.2, 0.25) is 0 Å². The summed E-state index contributed by atoms with van der Waals surface area (Å²) in [5.41, 5.74) is 2.03. The Labute approximate surface area is 219 Å². The molecule has 11 nitrogen and oxygen atoms in total. The zero-order valence-corrected chi connectivity index (χ0v) is 21.4. The van der Waals surface area contributed by atoms with Gasteiger partial charge in [-0.05, 0) is 63.6 Å². The Kier molecular flexibility index (Phi) is 5.82. The average Bonchev–Trinajstić information content (AvgIpc) is 3.63. The van der Waals surface area contributed by atoms with Crippen molar-refractivity contribution in [3.63, 3.8) is 0 Å². The van der Waals surface area contributed by atoms with E-state index in [2.05, 4.69) is 35.7 Å². The van der Waals surface area contributed by atoms with Crippen molar-refractivity contribution >= 4 is 17.1 Å². The number of ether oxygens (including phenoxy) is 1. The Morgan fingerprint density at radius 1 is 1.26 bits per heavy atom. The van der Waals surface area contributed by atoms with E-state index >= 15 is 0 Å². The van der Waals surface area contributed by atoms with E-state index in [-0.39, 0.29) is 6.09 Å². The van der Waals surface area contributed by atoms with Crippen molar-refractivity contribution in [1.29, 1.82) is 5.26 Å². The molecule has 1 spiro atoms. The van der Waals surface area contributed by atoms with Crippen LogP contribution >= 0.6 is 0 Å². The lowest BCUT2D eigenvalue weighted by Crippen LogP contribution is -2.43. The molecule has 1 aromatic carbocycles. The molecule has 2 atom stereocenters. The first-order valence-corrected chi connectivity index (χ1v) is 12.8. The molecular formula is C27H28N8O3. The van der Waals surface area contributed by atoms with E-state index in [1.807, 2.05) is 32.3 Å². The maximum atomic E-state index is 13.0. The maximum Gasteiger partial charge on any atom is 0.410 e. The average molecular weight is 513 g/mol. The number of fused-ring (bicyclic) bond motifs is 1. The SMILES string of the molecule is CC(C)(CN1CC2(CCC[C@H](Cn3cnc4ccc(C#N)cc43)C2)OC1=O)c1nc(-c2cncnc2)no1. The van der Waals surface area contributed by atoms with E-state index in [1.54, 1.807) is 23.4 Å². The Hall–Kier alpha value is -4.33. The second kappa shape index (κ2) is 9.20. The number of hydrogen-bond donors (Lipinski definition) is 0. The van der Waals surface area contributed by atoms with E-state index in [0.29, 0.717) is 41.8 Å². The maximum absolute atomic E-state index is 13.0. The van der Waals surface area contributed by atoms with Crippen LogP contribution in [0.25, 0.3) is 22.4 Å². The fourth-order valence-electron chi connectivity index (χ4n) is 5.78. The van der Waals surface area contributed by atoms with Crippen LogP contribution in [0.3, 0.4) is 0 Å². The smallest absolute Gasteiger partial charge is 0.410 e. The fourth-order valence-corrected chi connectivity index (χ4v) is 5.78. The summed E-state index contributed by atoms with van der Waals surface area (Å²) < 4.78 is 13.8. The van der Waals surface area contributed by atoms with Gasteiger partial charge in [-0.2, -0.15) is 10.2 Å². The van der Waals surface area contributed by atoms with Crippen molar-refractivity contribution in [2.45, 2.75) is 57.1 Å². The molecule has 1 aliphatic carbocycles. The summed E-state index contributed by atoms with van der Waals surface area (Å²) in [6.45, 7) is 5.65. The quantitative estimate of drug-likeness (QED) is 0.374. The number of aromatic nitrogens is 6. The lowest BCUT2D eigenvalue weighted by molar-refractivity contribution is 0.00413. The van der Waals surface area contributed by atoms with Crippen molar-refractivity contribution in [3.05, 3.63) is 54.7 Å². The molecule has 1 saturated carbocycles. The van der Waals surface area contributed by atoms with Gasteiger partial charge < -0.3 is 18.7 Å². The van der Waals surface area contributed by atoms with Crippen LogP contribution in [-0.2, 0) is 16.7 Å². The normalized spacial score (nSPS) is 21.7. The van der Waals surface area contributed by atoms with Crippen LogP contribution in [0.5, 0.6) is 0 Å². The number of amides is 1. The van der Waals surface area contributed by atoms with E-state index in [9.17, 15) is 10.1 Å². The fraction of sp³-hybridized carbons (Fsp3) is 0.444. The molecule has 2 aliphatic rings. The van der Waals surface area contributed by atoms with Crippen LogP contribution in [-0.4, -0.2) is 59.3 Å². The molecule has 3 aromatic heterocycles. The van der Waals surface area contributed by atoms with Crippen LogP contribution in [0.1, 0.15) is 51.0 Å². The summed E-state index contributed by atoms with van der Waals surface area (Å²) >= 11 is 0. The molecule has 6 rings (SSSR count). The molecule has 1 aliphatic heterocycles. The van der Waals surface area contributed by atoms with Crippen molar-refractivity contribution in [2.75, 3.05) is 13.1 Å². The first kappa shape index (κ1) is 24.0. The minimum absolute atomic E-state index is 0.304. The second-order valence-electron chi connectivity index (χ2n) is 11.0. The van der Waals surface area contributed by atoms with E-state index < -0.39 is 11.0 Å². The predicted octanol–water partition coefficient (Wildman–Crippen LogP) is 4.11. The zero-order valence-electron chi connectivity index (χ0n) is 21.4. The van der Waals surface area contributed by atoms with Crippen molar-refractivity contribution in [2.24, 2.45) is 5.92 Å². The largest absolute Gasteiger partial charge is 0.441 e. The van der Waals surface area contributed by atoms with Crippen LogP contribution < -0.4 is 0 Å². The molecule has 4 aromatic rings. The van der Waals surface area contributed by atoms with Gasteiger partial charge >= 0.3 is 6.09 Å². The third kappa shape index (κ3) is 4.47. The Balaban J connectivity index is 1.14. The van der Waals surface area contributed by atoms with E-state index in [0.717, 1.165) is 43.3 Å².